The summed E-state index contributed by atoms with van der Waals surface area (Å²) >= 11 is 0. The van der Waals surface area contributed by atoms with Crippen molar-refractivity contribution in [1.29, 1.82) is 0 Å². The number of carbonyl (C=O) groups is 2. The van der Waals surface area contributed by atoms with Crippen molar-refractivity contribution in [2.45, 2.75) is 33.7 Å². The minimum absolute atomic E-state index is 0.00279. The summed E-state index contributed by atoms with van der Waals surface area (Å²) < 4.78 is 5.12. The average Bonchev–Trinajstić information content (AvgIpc) is 2.52. The second-order valence-corrected chi connectivity index (χ2v) is 7.08. The van der Waals surface area contributed by atoms with E-state index >= 15 is 0 Å². The average molecular weight is 318 g/mol. The van der Waals surface area contributed by atoms with Crippen LogP contribution in [0.1, 0.15) is 38.1 Å². The van der Waals surface area contributed by atoms with E-state index in [2.05, 4.69) is 0 Å². The van der Waals surface area contributed by atoms with Crippen LogP contribution < -0.4 is 4.74 Å². The van der Waals surface area contributed by atoms with Gasteiger partial charge in [0.25, 0.3) is 5.91 Å². The maximum atomic E-state index is 12.7. The molecule has 0 aromatic heterocycles. The first-order chi connectivity index (χ1) is 10.7. The number of piperazine rings is 1. The smallest absolute Gasteiger partial charge is 0.254 e. The molecule has 0 N–H and O–H groups in total. The SMILES string of the molecule is COc1ccc(C(=O)N2CCN(C(=O)C(C)(C)C)CC2C)cc1. The molecule has 1 aromatic carbocycles. The molecule has 0 aliphatic carbocycles. The molecule has 1 unspecified atom stereocenters. The predicted molar refractivity (Wildman–Crippen MR) is 89.5 cm³/mol. The minimum atomic E-state index is -0.387. The van der Waals surface area contributed by atoms with E-state index in [1.165, 1.54) is 0 Å². The highest BCUT2D eigenvalue weighted by atomic mass is 16.5. The van der Waals surface area contributed by atoms with Gasteiger partial charge in [-0.2, -0.15) is 0 Å². The van der Waals surface area contributed by atoms with E-state index in [9.17, 15) is 9.59 Å². The van der Waals surface area contributed by atoms with Crippen LogP contribution >= 0.6 is 0 Å². The summed E-state index contributed by atoms with van der Waals surface area (Å²) in [6.07, 6.45) is 0. The molecule has 126 valence electrons. The third-order valence-corrected chi connectivity index (χ3v) is 4.15. The summed E-state index contributed by atoms with van der Waals surface area (Å²) in [6, 6.07) is 7.14. The Kier molecular flexibility index (Phi) is 4.97. The normalized spacial score (nSPS) is 18.7. The lowest BCUT2D eigenvalue weighted by molar-refractivity contribution is -0.141. The zero-order valence-electron chi connectivity index (χ0n) is 14.6. The fourth-order valence-electron chi connectivity index (χ4n) is 2.82. The maximum absolute atomic E-state index is 12.7. The van der Waals surface area contributed by atoms with Gasteiger partial charge in [-0.05, 0) is 31.2 Å². The molecule has 1 heterocycles. The standard InChI is InChI=1S/C18H26N2O3/c1-13-12-19(17(22)18(2,3)4)10-11-20(13)16(21)14-6-8-15(23-5)9-7-14/h6-9,13H,10-12H2,1-5H3. The molecule has 1 atom stereocenters. The first-order valence-corrected chi connectivity index (χ1v) is 7.98. The highest BCUT2D eigenvalue weighted by molar-refractivity contribution is 5.94. The van der Waals surface area contributed by atoms with Gasteiger partial charge in [0.15, 0.2) is 0 Å². The van der Waals surface area contributed by atoms with Crippen molar-refractivity contribution in [1.82, 2.24) is 9.80 Å². The molecule has 2 amide bonds. The number of nitrogens with zero attached hydrogens (tertiary/aromatic N) is 2. The van der Waals surface area contributed by atoms with E-state index in [0.29, 0.717) is 25.2 Å². The van der Waals surface area contributed by atoms with Crippen LogP contribution in [0.15, 0.2) is 24.3 Å². The van der Waals surface area contributed by atoms with Crippen LogP contribution in [0.5, 0.6) is 5.75 Å². The van der Waals surface area contributed by atoms with Crippen molar-refractivity contribution >= 4 is 11.8 Å². The van der Waals surface area contributed by atoms with Crippen LogP contribution in [-0.2, 0) is 4.79 Å². The molecule has 1 fully saturated rings. The van der Waals surface area contributed by atoms with Crippen molar-refractivity contribution in [2.24, 2.45) is 5.41 Å². The van der Waals surface area contributed by atoms with E-state index in [0.717, 1.165) is 5.75 Å². The summed E-state index contributed by atoms with van der Waals surface area (Å²) in [5, 5.41) is 0. The highest BCUT2D eigenvalue weighted by Gasteiger charge is 2.34. The molecule has 1 saturated heterocycles. The van der Waals surface area contributed by atoms with Gasteiger partial charge in [-0.15, -0.1) is 0 Å². The van der Waals surface area contributed by atoms with E-state index in [4.69, 9.17) is 4.74 Å². The Labute approximate surface area is 138 Å². The molecular formula is C18H26N2O3. The molecule has 1 aliphatic rings. The first kappa shape index (κ1) is 17.3. The van der Waals surface area contributed by atoms with Crippen LogP contribution in [0, 0.1) is 5.41 Å². The van der Waals surface area contributed by atoms with Crippen molar-refractivity contribution < 1.29 is 14.3 Å². The molecule has 0 spiro atoms. The van der Waals surface area contributed by atoms with Gasteiger partial charge in [-0.1, -0.05) is 20.8 Å². The number of carbonyl (C=O) groups excluding carboxylic acids is 2. The van der Waals surface area contributed by atoms with Gasteiger partial charge < -0.3 is 14.5 Å². The molecule has 0 saturated carbocycles. The van der Waals surface area contributed by atoms with Crippen LogP contribution in [-0.4, -0.2) is 54.4 Å². The fraction of sp³-hybridized carbons (Fsp3) is 0.556. The van der Waals surface area contributed by atoms with Gasteiger partial charge >= 0.3 is 0 Å². The number of amides is 2. The number of rotatable bonds is 2. The van der Waals surface area contributed by atoms with E-state index < -0.39 is 0 Å². The van der Waals surface area contributed by atoms with Gasteiger partial charge in [0, 0.05) is 36.7 Å². The van der Waals surface area contributed by atoms with Crippen LogP contribution in [0.25, 0.3) is 0 Å². The molecule has 23 heavy (non-hydrogen) atoms. The fourth-order valence-corrected chi connectivity index (χ4v) is 2.82. The maximum Gasteiger partial charge on any atom is 0.254 e. The highest BCUT2D eigenvalue weighted by Crippen LogP contribution is 2.22. The first-order valence-electron chi connectivity index (χ1n) is 7.98. The van der Waals surface area contributed by atoms with Crippen LogP contribution in [0.2, 0.25) is 0 Å². The monoisotopic (exact) mass is 318 g/mol. The Hall–Kier alpha value is -2.04. The van der Waals surface area contributed by atoms with Gasteiger partial charge in [0.2, 0.25) is 5.91 Å². The van der Waals surface area contributed by atoms with Crippen molar-refractivity contribution in [3.8, 4) is 5.75 Å². The third-order valence-electron chi connectivity index (χ3n) is 4.15. The molecular weight excluding hydrogens is 292 g/mol. The lowest BCUT2D eigenvalue weighted by atomic mass is 9.94. The predicted octanol–water partition coefficient (Wildman–Crippen LogP) is 2.41. The second kappa shape index (κ2) is 6.60. The summed E-state index contributed by atoms with van der Waals surface area (Å²) in [4.78, 5) is 28.8. The Bertz CT molecular complexity index is 575. The Morgan fingerprint density at radius 2 is 1.74 bits per heavy atom. The lowest BCUT2D eigenvalue weighted by Gasteiger charge is -2.42. The molecule has 5 nitrogen and oxygen atoms in total. The van der Waals surface area contributed by atoms with E-state index in [-0.39, 0.29) is 23.3 Å². The second-order valence-electron chi connectivity index (χ2n) is 7.08. The van der Waals surface area contributed by atoms with Gasteiger partial charge in [-0.3, -0.25) is 9.59 Å². The van der Waals surface area contributed by atoms with Crippen LogP contribution in [0.4, 0.5) is 0 Å². The topological polar surface area (TPSA) is 49.9 Å². The molecule has 1 aromatic rings. The summed E-state index contributed by atoms with van der Waals surface area (Å²) in [6.45, 7) is 9.50. The number of benzene rings is 1. The number of hydrogen-bond acceptors (Lipinski definition) is 3. The zero-order chi connectivity index (χ0) is 17.2. The van der Waals surface area contributed by atoms with Crippen LogP contribution in [0.3, 0.4) is 0 Å². The molecule has 0 bridgehead atoms. The van der Waals surface area contributed by atoms with Gasteiger partial charge in [0.1, 0.15) is 5.75 Å². The number of ether oxygens (including phenoxy) is 1. The Morgan fingerprint density at radius 3 is 2.22 bits per heavy atom. The lowest BCUT2D eigenvalue weighted by Crippen LogP contribution is -2.57. The van der Waals surface area contributed by atoms with Gasteiger partial charge in [-0.25, -0.2) is 0 Å². The summed E-state index contributed by atoms with van der Waals surface area (Å²) in [5.41, 5.74) is 0.260. The number of methoxy groups -OCH3 is 1. The van der Waals surface area contributed by atoms with E-state index in [1.54, 1.807) is 31.4 Å². The number of hydrogen-bond donors (Lipinski definition) is 0. The van der Waals surface area contributed by atoms with Crippen molar-refractivity contribution in [3.05, 3.63) is 29.8 Å². The van der Waals surface area contributed by atoms with Crippen molar-refractivity contribution in [3.63, 3.8) is 0 Å². The zero-order valence-corrected chi connectivity index (χ0v) is 14.6. The largest absolute Gasteiger partial charge is 0.497 e. The third kappa shape index (κ3) is 3.84. The minimum Gasteiger partial charge on any atom is -0.497 e. The summed E-state index contributed by atoms with van der Waals surface area (Å²) in [5.74, 6) is 0.874. The molecule has 1 aliphatic heterocycles. The quantitative estimate of drug-likeness (QED) is 0.841. The molecule has 5 heteroatoms. The van der Waals surface area contributed by atoms with E-state index in [1.807, 2.05) is 37.5 Å². The molecule has 0 radical (unpaired) electrons. The Balaban J connectivity index is 2.05. The molecule has 2 rings (SSSR count). The summed E-state index contributed by atoms with van der Waals surface area (Å²) in [7, 11) is 1.60. The van der Waals surface area contributed by atoms with Gasteiger partial charge in [0.05, 0.1) is 7.11 Å². The van der Waals surface area contributed by atoms with Crippen molar-refractivity contribution in [2.75, 3.05) is 26.7 Å². The Morgan fingerprint density at radius 1 is 1.13 bits per heavy atom.